The largest absolute Gasteiger partial charge is 0.480 e. The number of aromatic nitrogens is 1. The lowest BCUT2D eigenvalue weighted by Gasteiger charge is -2.24. The van der Waals surface area contributed by atoms with E-state index in [1.165, 1.54) is 30.5 Å². The third kappa shape index (κ3) is 5.02. The number of nitrogens with one attached hydrogen (secondary N) is 1. The van der Waals surface area contributed by atoms with E-state index in [0.717, 1.165) is 11.1 Å². The topological polar surface area (TPSA) is 134 Å². The number of fused-ring (bicyclic) bond motifs is 1. The highest BCUT2D eigenvalue weighted by Crippen LogP contribution is 2.34. The third-order valence-corrected chi connectivity index (χ3v) is 8.61. The molecule has 0 spiro atoms. The summed E-state index contributed by atoms with van der Waals surface area (Å²) in [5.41, 5.74) is 1.86. The van der Waals surface area contributed by atoms with Crippen LogP contribution in [-0.2, 0) is 24.8 Å². The Hall–Kier alpha value is -3.96. The van der Waals surface area contributed by atoms with Gasteiger partial charge in [-0.15, -0.1) is 0 Å². The first-order valence-electron chi connectivity index (χ1n) is 10.8. The van der Waals surface area contributed by atoms with E-state index in [2.05, 4.69) is 9.71 Å². The first kappa shape index (κ1) is 25.1. The molecule has 1 aromatic heterocycles. The number of hydrogen-bond acceptors (Lipinski definition) is 6. The van der Waals surface area contributed by atoms with Gasteiger partial charge in [0.2, 0.25) is 0 Å². The molecular formula is C25H23N3O6S2. The Kier molecular flexibility index (Phi) is 6.70. The number of sulfonamides is 2. The standard InChI is InChI=1S/C25H23N3O6S2/c1-17-7-11-19(12-8-17)35(31,32)27-23-15-26-25(22-6-4-3-5-21(22)23)28(16-24(29)30)36(33,34)20-13-9-18(2)10-14-20/h3-15,27H,16H2,1-2H3,(H,29,30). The van der Waals surface area contributed by atoms with E-state index in [-0.39, 0.29) is 26.7 Å². The van der Waals surface area contributed by atoms with Gasteiger partial charge in [0.15, 0.2) is 5.82 Å². The molecule has 36 heavy (non-hydrogen) atoms. The Morgan fingerprint density at radius 3 is 1.92 bits per heavy atom. The smallest absolute Gasteiger partial charge is 0.324 e. The molecule has 186 valence electrons. The van der Waals surface area contributed by atoms with Gasteiger partial charge in [0.05, 0.1) is 21.7 Å². The van der Waals surface area contributed by atoms with Gasteiger partial charge in [0.1, 0.15) is 6.54 Å². The molecular weight excluding hydrogens is 502 g/mol. The fourth-order valence-corrected chi connectivity index (χ4v) is 6.07. The second kappa shape index (κ2) is 9.59. The molecule has 9 nitrogen and oxygen atoms in total. The second-order valence-corrected chi connectivity index (χ2v) is 11.7. The predicted molar refractivity (Wildman–Crippen MR) is 137 cm³/mol. The Morgan fingerprint density at radius 2 is 1.36 bits per heavy atom. The van der Waals surface area contributed by atoms with Crippen molar-refractivity contribution in [2.24, 2.45) is 0 Å². The summed E-state index contributed by atoms with van der Waals surface area (Å²) in [6.07, 6.45) is 1.18. The minimum atomic E-state index is -4.30. The Bertz CT molecular complexity index is 1650. The van der Waals surface area contributed by atoms with Gasteiger partial charge in [-0.05, 0) is 38.1 Å². The van der Waals surface area contributed by atoms with Crippen LogP contribution in [-0.4, -0.2) is 39.4 Å². The van der Waals surface area contributed by atoms with Crippen LogP contribution in [0.4, 0.5) is 11.5 Å². The molecule has 0 unspecified atom stereocenters. The number of carbonyl (C=O) groups is 1. The van der Waals surface area contributed by atoms with Crippen LogP contribution in [0.25, 0.3) is 10.8 Å². The van der Waals surface area contributed by atoms with Crippen molar-refractivity contribution in [2.75, 3.05) is 15.6 Å². The maximum Gasteiger partial charge on any atom is 0.324 e. The lowest BCUT2D eigenvalue weighted by atomic mass is 10.1. The third-order valence-electron chi connectivity index (χ3n) is 5.47. The summed E-state index contributed by atoms with van der Waals surface area (Å²) in [6, 6.07) is 18.8. The normalized spacial score (nSPS) is 11.8. The molecule has 4 aromatic rings. The van der Waals surface area contributed by atoms with Crippen molar-refractivity contribution in [1.29, 1.82) is 0 Å². The van der Waals surface area contributed by atoms with Crippen LogP contribution < -0.4 is 9.03 Å². The number of anilines is 2. The van der Waals surface area contributed by atoms with Crippen molar-refractivity contribution in [3.05, 3.63) is 90.1 Å². The number of aryl methyl sites for hydroxylation is 2. The number of hydrogen-bond donors (Lipinski definition) is 2. The fourth-order valence-electron chi connectivity index (χ4n) is 3.61. The summed E-state index contributed by atoms with van der Waals surface area (Å²) in [4.78, 5) is 15.8. The van der Waals surface area contributed by atoms with Crippen LogP contribution in [0.15, 0.2) is 88.8 Å². The van der Waals surface area contributed by atoms with Gasteiger partial charge in [-0.25, -0.2) is 26.1 Å². The summed E-state index contributed by atoms with van der Waals surface area (Å²) in [7, 11) is -8.27. The van der Waals surface area contributed by atoms with Gasteiger partial charge in [0.25, 0.3) is 20.0 Å². The van der Waals surface area contributed by atoms with E-state index in [0.29, 0.717) is 9.69 Å². The molecule has 0 atom stereocenters. The van der Waals surface area contributed by atoms with Gasteiger partial charge < -0.3 is 5.11 Å². The Morgan fingerprint density at radius 1 is 0.833 bits per heavy atom. The highest BCUT2D eigenvalue weighted by atomic mass is 32.2. The minimum absolute atomic E-state index is 0.0516. The highest BCUT2D eigenvalue weighted by Gasteiger charge is 2.30. The Labute approximate surface area is 209 Å². The van der Waals surface area contributed by atoms with E-state index in [4.69, 9.17) is 0 Å². The van der Waals surface area contributed by atoms with Crippen molar-refractivity contribution in [2.45, 2.75) is 23.6 Å². The molecule has 0 aliphatic rings. The lowest BCUT2D eigenvalue weighted by molar-refractivity contribution is -0.135. The van der Waals surface area contributed by atoms with Gasteiger partial charge in [0, 0.05) is 10.8 Å². The number of rotatable bonds is 8. The first-order chi connectivity index (χ1) is 17.0. The van der Waals surface area contributed by atoms with Crippen LogP contribution in [0.5, 0.6) is 0 Å². The molecule has 0 saturated carbocycles. The molecule has 0 saturated heterocycles. The van der Waals surface area contributed by atoms with Crippen LogP contribution in [0.3, 0.4) is 0 Å². The zero-order valence-electron chi connectivity index (χ0n) is 19.4. The zero-order chi connectivity index (χ0) is 26.1. The van der Waals surface area contributed by atoms with Gasteiger partial charge in [-0.3, -0.25) is 9.52 Å². The summed E-state index contributed by atoms with van der Waals surface area (Å²) < 4.78 is 56.1. The Balaban J connectivity index is 1.84. The molecule has 3 aromatic carbocycles. The first-order valence-corrected chi connectivity index (χ1v) is 13.7. The van der Waals surface area contributed by atoms with Gasteiger partial charge >= 0.3 is 5.97 Å². The van der Waals surface area contributed by atoms with Crippen molar-refractivity contribution in [3.8, 4) is 0 Å². The molecule has 1 heterocycles. The quantitative estimate of drug-likeness (QED) is 0.356. The van der Waals surface area contributed by atoms with E-state index >= 15 is 0 Å². The lowest BCUT2D eigenvalue weighted by Crippen LogP contribution is -2.36. The van der Waals surface area contributed by atoms with E-state index < -0.39 is 32.6 Å². The molecule has 0 aliphatic carbocycles. The molecule has 0 amide bonds. The van der Waals surface area contributed by atoms with Gasteiger partial charge in [-0.1, -0.05) is 59.7 Å². The predicted octanol–water partition coefficient (Wildman–Crippen LogP) is 3.93. The maximum atomic E-state index is 13.5. The van der Waals surface area contributed by atoms with Crippen molar-refractivity contribution < 1.29 is 26.7 Å². The monoisotopic (exact) mass is 525 g/mol. The van der Waals surface area contributed by atoms with E-state index in [9.17, 15) is 26.7 Å². The SMILES string of the molecule is Cc1ccc(S(=O)(=O)Nc2cnc(N(CC(=O)O)S(=O)(=O)c3ccc(C)cc3)c3ccccc23)cc1. The molecule has 0 radical (unpaired) electrons. The second-order valence-electron chi connectivity index (χ2n) is 8.18. The van der Waals surface area contributed by atoms with Crippen molar-refractivity contribution >= 4 is 48.3 Å². The van der Waals surface area contributed by atoms with Crippen LogP contribution >= 0.6 is 0 Å². The number of nitrogens with zero attached hydrogens (tertiary/aromatic N) is 2. The fraction of sp³-hybridized carbons (Fsp3) is 0.120. The summed E-state index contributed by atoms with van der Waals surface area (Å²) in [6.45, 7) is 2.77. The van der Waals surface area contributed by atoms with Crippen LogP contribution in [0.2, 0.25) is 0 Å². The molecule has 0 aliphatic heterocycles. The minimum Gasteiger partial charge on any atom is -0.480 e. The van der Waals surface area contributed by atoms with E-state index in [1.807, 2.05) is 6.92 Å². The van der Waals surface area contributed by atoms with Crippen LogP contribution in [0, 0.1) is 13.8 Å². The number of aliphatic carboxylic acids is 1. The average molecular weight is 526 g/mol. The van der Waals surface area contributed by atoms with E-state index in [1.54, 1.807) is 55.5 Å². The highest BCUT2D eigenvalue weighted by molar-refractivity contribution is 7.93. The maximum absolute atomic E-state index is 13.5. The number of carboxylic acids is 1. The summed E-state index contributed by atoms with van der Waals surface area (Å²) >= 11 is 0. The zero-order valence-corrected chi connectivity index (χ0v) is 21.0. The number of pyridine rings is 1. The average Bonchev–Trinajstić information content (AvgIpc) is 2.83. The van der Waals surface area contributed by atoms with Crippen molar-refractivity contribution in [1.82, 2.24) is 4.98 Å². The molecule has 2 N–H and O–H groups in total. The number of carboxylic acid groups (broad SMARTS) is 1. The molecule has 0 fully saturated rings. The molecule has 4 rings (SSSR count). The molecule has 11 heteroatoms. The van der Waals surface area contributed by atoms with Crippen LogP contribution in [0.1, 0.15) is 11.1 Å². The molecule has 0 bridgehead atoms. The summed E-state index contributed by atoms with van der Waals surface area (Å²) in [5, 5.41) is 10.1. The van der Waals surface area contributed by atoms with Gasteiger partial charge in [-0.2, -0.15) is 0 Å². The number of benzene rings is 3. The van der Waals surface area contributed by atoms with Crippen molar-refractivity contribution in [3.63, 3.8) is 0 Å². The summed E-state index contributed by atoms with van der Waals surface area (Å²) in [5.74, 6) is -1.51.